The highest BCUT2D eigenvalue weighted by atomic mass is 17.2. The van der Waals surface area contributed by atoms with Crippen LogP contribution in [0.5, 0.6) is 0 Å². The minimum Gasteiger partial charge on any atom is -0.399 e. The van der Waals surface area contributed by atoms with Crippen molar-refractivity contribution in [2.75, 3.05) is 6.61 Å². The summed E-state index contributed by atoms with van der Waals surface area (Å²) in [5.74, 6) is -2.58. The van der Waals surface area contributed by atoms with E-state index in [9.17, 15) is 4.79 Å². The second-order valence-corrected chi connectivity index (χ2v) is 7.19. The van der Waals surface area contributed by atoms with E-state index in [4.69, 9.17) is 29.0 Å². The van der Waals surface area contributed by atoms with Crippen LogP contribution < -0.4 is 0 Å². The lowest BCUT2D eigenvalue weighted by atomic mass is 10.0. The van der Waals surface area contributed by atoms with Gasteiger partial charge in [0, 0.05) is 27.7 Å². The average Bonchev–Trinajstić information content (AvgIpc) is 2.40. The highest BCUT2D eigenvalue weighted by Crippen LogP contribution is 2.23. The van der Waals surface area contributed by atoms with Crippen molar-refractivity contribution >= 4 is 6.16 Å². The van der Waals surface area contributed by atoms with E-state index in [1.165, 1.54) is 0 Å². The van der Waals surface area contributed by atoms with Crippen LogP contribution in [0.4, 0.5) is 4.79 Å². The Kier molecular flexibility index (Phi) is 9.80. The number of hydrogen-bond acceptors (Lipinski definition) is 7. The van der Waals surface area contributed by atoms with Gasteiger partial charge in [-0.05, 0) is 26.7 Å². The van der Waals surface area contributed by atoms with Gasteiger partial charge in [0.1, 0.15) is 0 Å². The summed E-state index contributed by atoms with van der Waals surface area (Å²) in [5, 5.41) is 0. The quantitative estimate of drug-likeness (QED) is 0.163. The average molecular weight is 350 g/mol. The first-order chi connectivity index (χ1) is 10.9. The van der Waals surface area contributed by atoms with Crippen LogP contribution in [-0.2, 0) is 29.0 Å². The molecule has 0 aromatic heterocycles. The number of carbonyl (C=O) groups excluding carboxylic acids is 1. The van der Waals surface area contributed by atoms with Gasteiger partial charge in [-0.2, -0.15) is 9.78 Å². The number of hydrogen-bond donors (Lipinski definition) is 0. The molecule has 144 valence electrons. The van der Waals surface area contributed by atoms with E-state index in [0.29, 0.717) is 6.61 Å². The van der Waals surface area contributed by atoms with E-state index in [2.05, 4.69) is 6.92 Å². The van der Waals surface area contributed by atoms with Crippen molar-refractivity contribution in [3.8, 4) is 0 Å². The lowest BCUT2D eigenvalue weighted by Crippen LogP contribution is -2.39. The minimum atomic E-state index is -1.30. The van der Waals surface area contributed by atoms with Gasteiger partial charge < -0.3 is 9.47 Å². The van der Waals surface area contributed by atoms with Gasteiger partial charge in [0.25, 0.3) is 0 Å². The molecule has 0 bridgehead atoms. The summed E-state index contributed by atoms with van der Waals surface area (Å²) < 4.78 is 10.2. The van der Waals surface area contributed by atoms with E-state index in [-0.39, 0.29) is 0 Å². The molecule has 24 heavy (non-hydrogen) atoms. The molecule has 0 amide bonds. The fraction of sp³-hybridized carbons (Fsp3) is 0.941. The third-order valence-electron chi connectivity index (χ3n) is 2.82. The van der Waals surface area contributed by atoms with E-state index < -0.39 is 23.3 Å². The molecule has 0 aromatic rings. The Balaban J connectivity index is 4.31. The molecular formula is C17H34O7. The Hall–Kier alpha value is -0.890. The zero-order chi connectivity index (χ0) is 18.9. The summed E-state index contributed by atoms with van der Waals surface area (Å²) in [5.41, 5.74) is -0.477. The van der Waals surface area contributed by atoms with Crippen molar-refractivity contribution in [2.24, 2.45) is 0 Å². The summed E-state index contributed by atoms with van der Waals surface area (Å²) in [7, 11) is 0. The van der Waals surface area contributed by atoms with Gasteiger partial charge in [0.05, 0.1) is 12.2 Å². The van der Waals surface area contributed by atoms with Crippen molar-refractivity contribution in [3.05, 3.63) is 0 Å². The number of rotatable bonds is 12. The standard InChI is InChI=1S/C17H34O7/c1-9-11-13-19-23-16(5,6)20-14(18)21-17(7,8)24-22-15(3,4)12-10-2/h9-13H2,1-8H3. The van der Waals surface area contributed by atoms with Gasteiger partial charge in [0.2, 0.25) is 11.6 Å². The summed E-state index contributed by atoms with van der Waals surface area (Å²) in [6.45, 7) is 14.5. The van der Waals surface area contributed by atoms with Crippen LogP contribution in [0.15, 0.2) is 0 Å². The fourth-order valence-electron chi connectivity index (χ4n) is 1.70. The maximum atomic E-state index is 11.9. The zero-order valence-electron chi connectivity index (χ0n) is 16.4. The maximum absolute atomic E-state index is 11.9. The second-order valence-electron chi connectivity index (χ2n) is 7.19. The molecular weight excluding hydrogens is 316 g/mol. The molecule has 0 spiro atoms. The van der Waals surface area contributed by atoms with Crippen molar-refractivity contribution < 1.29 is 33.8 Å². The molecule has 0 aliphatic carbocycles. The summed E-state index contributed by atoms with van der Waals surface area (Å²) in [4.78, 5) is 32.6. The molecule has 0 unspecified atom stereocenters. The third kappa shape index (κ3) is 11.6. The van der Waals surface area contributed by atoms with E-state index >= 15 is 0 Å². The first kappa shape index (κ1) is 23.1. The monoisotopic (exact) mass is 350 g/mol. The number of unbranched alkanes of at least 4 members (excludes halogenated alkanes) is 1. The maximum Gasteiger partial charge on any atom is 0.513 e. The molecule has 0 aromatic carbocycles. The molecule has 0 heterocycles. The largest absolute Gasteiger partial charge is 0.513 e. The van der Waals surface area contributed by atoms with Crippen LogP contribution in [0.2, 0.25) is 0 Å². The van der Waals surface area contributed by atoms with Gasteiger partial charge >= 0.3 is 6.16 Å². The normalized spacial score (nSPS) is 13.0. The van der Waals surface area contributed by atoms with Crippen molar-refractivity contribution in [1.82, 2.24) is 0 Å². The van der Waals surface area contributed by atoms with Gasteiger partial charge in [0.15, 0.2) is 0 Å². The van der Waals surface area contributed by atoms with Gasteiger partial charge in [-0.1, -0.05) is 26.7 Å². The topological polar surface area (TPSA) is 72.5 Å². The van der Waals surface area contributed by atoms with Crippen molar-refractivity contribution in [1.29, 1.82) is 0 Å². The van der Waals surface area contributed by atoms with Crippen molar-refractivity contribution in [3.63, 3.8) is 0 Å². The second kappa shape index (κ2) is 10.2. The molecule has 7 heteroatoms. The first-order valence-corrected chi connectivity index (χ1v) is 8.52. The van der Waals surface area contributed by atoms with Crippen molar-refractivity contribution in [2.45, 2.75) is 98.2 Å². The highest BCUT2D eigenvalue weighted by molar-refractivity contribution is 5.60. The Bertz CT molecular complexity index is 364. The number of ether oxygens (including phenoxy) is 2. The summed E-state index contributed by atoms with van der Waals surface area (Å²) in [6.07, 6.45) is 2.65. The van der Waals surface area contributed by atoms with Crippen LogP contribution >= 0.6 is 0 Å². The molecule has 0 radical (unpaired) electrons. The summed E-state index contributed by atoms with van der Waals surface area (Å²) in [6, 6.07) is 0. The predicted octanol–water partition coefficient (Wildman–Crippen LogP) is 4.89. The van der Waals surface area contributed by atoms with Crippen LogP contribution in [0.1, 0.15) is 81.1 Å². The first-order valence-electron chi connectivity index (χ1n) is 8.52. The molecule has 7 nitrogen and oxygen atoms in total. The zero-order valence-corrected chi connectivity index (χ0v) is 16.4. The Morgan fingerprint density at radius 2 is 1.33 bits per heavy atom. The highest BCUT2D eigenvalue weighted by Gasteiger charge is 2.33. The smallest absolute Gasteiger partial charge is 0.399 e. The lowest BCUT2D eigenvalue weighted by Gasteiger charge is -2.31. The Morgan fingerprint density at radius 3 is 1.83 bits per heavy atom. The molecule has 0 aliphatic heterocycles. The van der Waals surface area contributed by atoms with Gasteiger partial charge in [-0.3, -0.25) is 0 Å². The molecule has 0 saturated carbocycles. The molecule has 0 atom stereocenters. The minimum absolute atomic E-state index is 0.424. The van der Waals surface area contributed by atoms with E-state index in [1.807, 2.05) is 20.8 Å². The lowest BCUT2D eigenvalue weighted by molar-refractivity contribution is -0.449. The van der Waals surface area contributed by atoms with Crippen LogP contribution in [0, 0.1) is 0 Å². The Labute approximate surface area is 145 Å². The molecule has 0 saturated heterocycles. The SMILES string of the molecule is CCCCOOC(C)(C)OC(=O)OC(C)(C)OOC(C)(C)CCC. The number of carbonyl (C=O) groups is 1. The molecule has 0 fully saturated rings. The van der Waals surface area contributed by atoms with Crippen LogP contribution in [-0.4, -0.2) is 29.9 Å². The summed E-state index contributed by atoms with van der Waals surface area (Å²) >= 11 is 0. The van der Waals surface area contributed by atoms with Crippen LogP contribution in [0.25, 0.3) is 0 Å². The molecule has 0 aliphatic rings. The fourth-order valence-corrected chi connectivity index (χ4v) is 1.70. The van der Waals surface area contributed by atoms with Gasteiger partial charge in [-0.25, -0.2) is 14.6 Å². The predicted molar refractivity (Wildman–Crippen MR) is 88.8 cm³/mol. The van der Waals surface area contributed by atoms with Crippen LogP contribution in [0.3, 0.4) is 0 Å². The van der Waals surface area contributed by atoms with E-state index in [0.717, 1.165) is 25.7 Å². The molecule has 0 N–H and O–H groups in total. The molecule has 0 rings (SSSR count). The van der Waals surface area contributed by atoms with E-state index in [1.54, 1.807) is 27.7 Å². The third-order valence-corrected chi connectivity index (χ3v) is 2.82. The Morgan fingerprint density at radius 1 is 0.792 bits per heavy atom. The van der Waals surface area contributed by atoms with Gasteiger partial charge in [-0.15, -0.1) is 0 Å².